The molecule has 29 heavy (non-hydrogen) atoms. The zero-order valence-electron chi connectivity index (χ0n) is 15.7. The molecule has 1 fully saturated rings. The Morgan fingerprint density at radius 3 is 3.03 bits per heavy atom. The van der Waals surface area contributed by atoms with E-state index in [0.29, 0.717) is 36.7 Å². The van der Waals surface area contributed by atoms with Gasteiger partial charge in [-0.15, -0.1) is 0 Å². The predicted octanol–water partition coefficient (Wildman–Crippen LogP) is 2.57. The molecule has 4 heterocycles. The van der Waals surface area contributed by atoms with E-state index in [-0.39, 0.29) is 5.75 Å². The summed E-state index contributed by atoms with van der Waals surface area (Å²) in [5.41, 5.74) is 0.760. The van der Waals surface area contributed by atoms with Gasteiger partial charge < -0.3 is 20.3 Å². The average molecular weight is 398 g/mol. The van der Waals surface area contributed by atoms with Gasteiger partial charge in [0.05, 0.1) is 6.54 Å². The van der Waals surface area contributed by atoms with Crippen molar-refractivity contribution in [2.45, 2.75) is 18.9 Å². The fraction of sp³-hybridized carbons (Fsp3) is 0.350. The lowest BCUT2D eigenvalue weighted by molar-refractivity contribution is 0.418. The van der Waals surface area contributed by atoms with Crippen molar-refractivity contribution in [1.82, 2.24) is 15.3 Å². The third-order valence-corrected chi connectivity index (χ3v) is 5.14. The Morgan fingerprint density at radius 2 is 2.21 bits per heavy atom. The molecule has 3 aliphatic heterocycles. The van der Waals surface area contributed by atoms with Crippen molar-refractivity contribution in [3.05, 3.63) is 47.4 Å². The smallest absolute Gasteiger partial charge is 0.224 e. The topological polar surface area (TPSA) is 74.7 Å². The minimum Gasteiger partial charge on any atom is -0.450 e. The van der Waals surface area contributed by atoms with Gasteiger partial charge in [-0.3, -0.25) is 4.99 Å². The van der Waals surface area contributed by atoms with E-state index >= 15 is 0 Å². The summed E-state index contributed by atoms with van der Waals surface area (Å²) < 4.78 is 32.9. The number of anilines is 2. The van der Waals surface area contributed by atoms with Crippen molar-refractivity contribution >= 4 is 23.7 Å². The van der Waals surface area contributed by atoms with Crippen molar-refractivity contribution in [2.75, 3.05) is 36.4 Å². The van der Waals surface area contributed by atoms with Crippen molar-refractivity contribution in [3.8, 4) is 5.75 Å². The number of halogens is 2. The molecule has 0 spiro atoms. The lowest BCUT2D eigenvalue weighted by atomic mass is 10.1. The number of hydrogen-bond acceptors (Lipinski definition) is 7. The quantitative estimate of drug-likeness (QED) is 0.825. The Bertz CT molecular complexity index is 1000. The highest BCUT2D eigenvalue weighted by Crippen LogP contribution is 2.33. The molecule has 1 saturated heterocycles. The Labute approximate surface area is 166 Å². The minimum atomic E-state index is -0.765. The van der Waals surface area contributed by atoms with Gasteiger partial charge in [0.1, 0.15) is 11.6 Å². The number of amidine groups is 1. The number of nitrogens with zero attached hydrogens (tertiary/aromatic N) is 4. The first kappa shape index (κ1) is 18.0. The van der Waals surface area contributed by atoms with Gasteiger partial charge in [0.25, 0.3) is 0 Å². The molecule has 0 amide bonds. The number of rotatable bonds is 4. The molecule has 2 aromatic rings. The highest BCUT2D eigenvalue weighted by atomic mass is 19.1. The van der Waals surface area contributed by atoms with Gasteiger partial charge in [-0.1, -0.05) is 0 Å². The fourth-order valence-corrected chi connectivity index (χ4v) is 3.75. The van der Waals surface area contributed by atoms with Crippen LogP contribution in [0.3, 0.4) is 0 Å². The van der Waals surface area contributed by atoms with Crippen LogP contribution >= 0.6 is 0 Å². The minimum absolute atomic E-state index is 0.0559. The number of benzene rings is 1. The molecule has 1 aromatic heterocycles. The summed E-state index contributed by atoms with van der Waals surface area (Å²) in [4.78, 5) is 15.6. The SMILES string of the molecule is Fc1ccc(OC2=Cc3cnc(NC4CCCNC4)nc3N3CCN=C23)c(F)c1. The molecule has 0 bridgehead atoms. The van der Waals surface area contributed by atoms with Crippen molar-refractivity contribution in [2.24, 2.45) is 4.99 Å². The predicted molar refractivity (Wildman–Crippen MR) is 106 cm³/mol. The van der Waals surface area contributed by atoms with Gasteiger partial charge in [-0.05, 0) is 37.6 Å². The van der Waals surface area contributed by atoms with Gasteiger partial charge in [0.2, 0.25) is 5.95 Å². The van der Waals surface area contributed by atoms with Gasteiger partial charge in [-0.2, -0.15) is 4.98 Å². The van der Waals surface area contributed by atoms with Gasteiger partial charge in [-0.25, -0.2) is 13.8 Å². The van der Waals surface area contributed by atoms with Crippen LogP contribution in [0.1, 0.15) is 18.4 Å². The van der Waals surface area contributed by atoms with Crippen LogP contribution in [0.5, 0.6) is 5.75 Å². The van der Waals surface area contributed by atoms with E-state index in [1.807, 2.05) is 4.90 Å². The summed E-state index contributed by atoms with van der Waals surface area (Å²) in [5, 5.41) is 6.75. The monoisotopic (exact) mass is 398 g/mol. The number of aliphatic imine (C=N–C) groups is 1. The first-order chi connectivity index (χ1) is 14.2. The molecular formula is C20H20F2N6O. The molecule has 9 heteroatoms. The highest BCUT2D eigenvalue weighted by molar-refractivity contribution is 6.15. The fourth-order valence-electron chi connectivity index (χ4n) is 3.75. The summed E-state index contributed by atoms with van der Waals surface area (Å²) in [7, 11) is 0. The number of piperidine rings is 1. The molecule has 7 nitrogen and oxygen atoms in total. The number of hydrogen-bond donors (Lipinski definition) is 2. The standard InChI is InChI=1S/C20H20F2N6O/c21-13-3-4-16(15(22)9-13)29-17-8-12-10-25-20(26-14-2-1-5-23-11-14)27-18(12)28-7-6-24-19(17)28/h3-4,8-10,14,23H,1-2,5-7,11H2,(H,25,26,27). The lowest BCUT2D eigenvalue weighted by Gasteiger charge is -2.28. The second-order valence-electron chi connectivity index (χ2n) is 7.20. The van der Waals surface area contributed by atoms with Crippen LogP contribution in [-0.4, -0.2) is 48.0 Å². The Kier molecular flexibility index (Phi) is 4.59. The van der Waals surface area contributed by atoms with E-state index in [1.54, 1.807) is 12.3 Å². The van der Waals surface area contributed by atoms with E-state index < -0.39 is 11.6 Å². The van der Waals surface area contributed by atoms with Crippen LogP contribution in [0.4, 0.5) is 20.5 Å². The van der Waals surface area contributed by atoms with E-state index in [0.717, 1.165) is 49.4 Å². The first-order valence-electron chi connectivity index (χ1n) is 9.68. The second-order valence-corrected chi connectivity index (χ2v) is 7.20. The average Bonchev–Trinajstić information content (AvgIpc) is 3.22. The molecule has 0 radical (unpaired) electrons. The summed E-state index contributed by atoms with van der Waals surface area (Å²) in [6, 6.07) is 3.52. The second kappa shape index (κ2) is 7.40. The summed E-state index contributed by atoms with van der Waals surface area (Å²) in [6.07, 6.45) is 5.66. The maximum absolute atomic E-state index is 14.0. The molecule has 1 aromatic carbocycles. The van der Waals surface area contributed by atoms with Crippen molar-refractivity contribution in [1.29, 1.82) is 0 Å². The summed E-state index contributed by atoms with van der Waals surface area (Å²) >= 11 is 0. The van der Waals surface area contributed by atoms with Crippen LogP contribution in [-0.2, 0) is 0 Å². The maximum atomic E-state index is 14.0. The van der Waals surface area contributed by atoms with Gasteiger partial charge in [0, 0.05) is 37.0 Å². The molecule has 3 aliphatic rings. The third kappa shape index (κ3) is 3.53. The maximum Gasteiger partial charge on any atom is 0.224 e. The molecule has 1 unspecified atom stereocenters. The van der Waals surface area contributed by atoms with E-state index in [4.69, 9.17) is 9.72 Å². The molecule has 150 valence electrons. The molecule has 2 N–H and O–H groups in total. The van der Waals surface area contributed by atoms with Crippen LogP contribution in [0.15, 0.2) is 35.1 Å². The largest absolute Gasteiger partial charge is 0.450 e. The molecule has 1 atom stereocenters. The Balaban J connectivity index is 1.44. The normalized spacial score (nSPS) is 20.5. The number of fused-ring (bicyclic) bond motifs is 3. The van der Waals surface area contributed by atoms with E-state index in [2.05, 4.69) is 20.6 Å². The van der Waals surface area contributed by atoms with Crippen LogP contribution in [0, 0.1) is 11.6 Å². The van der Waals surface area contributed by atoms with Crippen LogP contribution in [0.25, 0.3) is 6.08 Å². The zero-order chi connectivity index (χ0) is 19.8. The molecule has 5 rings (SSSR count). The number of nitrogens with one attached hydrogen (secondary N) is 2. The number of aromatic nitrogens is 2. The molecule has 0 saturated carbocycles. The summed E-state index contributed by atoms with van der Waals surface area (Å²) in [6.45, 7) is 3.16. The van der Waals surface area contributed by atoms with Crippen molar-refractivity contribution in [3.63, 3.8) is 0 Å². The van der Waals surface area contributed by atoms with E-state index in [9.17, 15) is 8.78 Å². The van der Waals surface area contributed by atoms with Crippen molar-refractivity contribution < 1.29 is 13.5 Å². The van der Waals surface area contributed by atoms with Gasteiger partial charge >= 0.3 is 0 Å². The molecule has 0 aliphatic carbocycles. The van der Waals surface area contributed by atoms with Crippen LogP contribution < -0.4 is 20.3 Å². The summed E-state index contributed by atoms with van der Waals surface area (Å²) in [5.74, 6) is 0.824. The first-order valence-corrected chi connectivity index (χ1v) is 9.68. The third-order valence-electron chi connectivity index (χ3n) is 5.14. The number of ether oxygens (including phenoxy) is 1. The highest BCUT2D eigenvalue weighted by Gasteiger charge is 2.32. The molecular weight excluding hydrogens is 378 g/mol. The van der Waals surface area contributed by atoms with E-state index in [1.165, 1.54) is 6.07 Å². The van der Waals surface area contributed by atoms with Gasteiger partial charge in [0.15, 0.2) is 23.2 Å². The Morgan fingerprint density at radius 1 is 1.28 bits per heavy atom. The van der Waals surface area contributed by atoms with Crippen LogP contribution in [0.2, 0.25) is 0 Å². The Hall–Kier alpha value is -3.07. The zero-order valence-corrected chi connectivity index (χ0v) is 15.7. The lowest BCUT2D eigenvalue weighted by Crippen LogP contribution is -2.39.